The molecule has 4 rings (SSSR count). The van der Waals surface area contributed by atoms with Gasteiger partial charge in [0.2, 0.25) is 0 Å². The molecule has 2 aliphatic heterocycles. The van der Waals surface area contributed by atoms with Gasteiger partial charge in [-0.15, -0.1) is 0 Å². The topological polar surface area (TPSA) is 120 Å². The Hall–Kier alpha value is -2.60. The summed E-state index contributed by atoms with van der Waals surface area (Å²) in [6, 6.07) is 6.28. The smallest absolute Gasteiger partial charge is 0.313 e. The molecule has 2 heterocycles. The fraction of sp³-hybridized carbons (Fsp3) is 0.385. The highest BCUT2D eigenvalue weighted by Crippen LogP contribution is 2.29. The lowest BCUT2D eigenvalue weighted by Crippen LogP contribution is -2.49. The Kier molecular flexibility index (Phi) is 11.9. The second-order valence-electron chi connectivity index (χ2n) is 8.98. The number of morpholine rings is 1. The molecule has 0 spiro atoms. The predicted molar refractivity (Wildman–Crippen MR) is 157 cm³/mol. The second-order valence-corrected chi connectivity index (χ2v) is 10.6. The Balaban J connectivity index is 0.000000220. The van der Waals surface area contributed by atoms with Gasteiger partial charge >= 0.3 is 23.6 Å². The summed E-state index contributed by atoms with van der Waals surface area (Å²) in [5.41, 5.74) is 2.28. The summed E-state index contributed by atoms with van der Waals surface area (Å²) in [5.74, 6) is -2.51. The van der Waals surface area contributed by atoms with Crippen LogP contribution in [-0.4, -0.2) is 85.9 Å². The first-order valence-electron chi connectivity index (χ1n) is 12.4. The number of amides is 4. The predicted octanol–water partition coefficient (Wildman–Crippen LogP) is 3.77. The Bertz CT molecular complexity index is 1140. The van der Waals surface area contributed by atoms with Crippen molar-refractivity contribution in [3.63, 3.8) is 0 Å². The van der Waals surface area contributed by atoms with Gasteiger partial charge in [-0.05, 0) is 49.2 Å². The number of hydrogen-bond acceptors (Lipinski definition) is 6. The van der Waals surface area contributed by atoms with Gasteiger partial charge in [-0.2, -0.15) is 0 Å². The molecule has 0 saturated carbocycles. The number of piperazine rings is 1. The van der Waals surface area contributed by atoms with E-state index in [9.17, 15) is 19.2 Å². The first-order valence-corrected chi connectivity index (χ1v) is 13.9. The van der Waals surface area contributed by atoms with Crippen molar-refractivity contribution in [2.24, 2.45) is 0 Å². The van der Waals surface area contributed by atoms with E-state index in [-0.39, 0.29) is 0 Å². The van der Waals surface area contributed by atoms with Gasteiger partial charge in [-0.3, -0.25) is 19.2 Å². The molecular weight excluding hydrogens is 604 g/mol. The van der Waals surface area contributed by atoms with Crippen molar-refractivity contribution in [3.05, 3.63) is 55.5 Å². The number of halogens is 4. The third-order valence-corrected chi connectivity index (χ3v) is 7.74. The van der Waals surface area contributed by atoms with E-state index < -0.39 is 23.6 Å². The van der Waals surface area contributed by atoms with Crippen LogP contribution in [0.4, 0.5) is 11.4 Å². The van der Waals surface area contributed by atoms with E-state index in [1.165, 1.54) is 9.80 Å². The van der Waals surface area contributed by atoms with Crippen LogP contribution in [0, 0.1) is 13.8 Å². The minimum absolute atomic E-state index is 0.400. The molecule has 2 aromatic rings. The number of carbonyl (C=O) groups is 4. The van der Waals surface area contributed by atoms with Crippen LogP contribution in [0.15, 0.2) is 24.3 Å². The SMILES string of the molecule is Cc1c(Cl)cc(NC(=O)C(=O)N2CCNCC2)cc1Cl.Cc1c(Cl)cc(NC(=O)C(=O)N2CCOCC2)cc1Cl. The molecule has 14 heteroatoms. The zero-order valence-electron chi connectivity index (χ0n) is 21.9. The molecule has 3 N–H and O–H groups in total. The normalized spacial score (nSPS) is 15.1. The van der Waals surface area contributed by atoms with E-state index in [4.69, 9.17) is 51.1 Å². The van der Waals surface area contributed by atoms with E-state index in [0.717, 1.165) is 11.1 Å². The summed E-state index contributed by atoms with van der Waals surface area (Å²) in [5, 5.41) is 9.92. The van der Waals surface area contributed by atoms with Crippen molar-refractivity contribution in [2.45, 2.75) is 13.8 Å². The van der Waals surface area contributed by atoms with Gasteiger partial charge in [-0.1, -0.05) is 46.4 Å². The summed E-state index contributed by atoms with van der Waals surface area (Å²) >= 11 is 23.9. The van der Waals surface area contributed by atoms with Crippen LogP contribution in [0.1, 0.15) is 11.1 Å². The van der Waals surface area contributed by atoms with Gasteiger partial charge in [0.25, 0.3) is 0 Å². The van der Waals surface area contributed by atoms with Crippen LogP contribution in [0.2, 0.25) is 20.1 Å². The van der Waals surface area contributed by atoms with Crippen LogP contribution in [0.5, 0.6) is 0 Å². The van der Waals surface area contributed by atoms with Gasteiger partial charge < -0.3 is 30.5 Å². The van der Waals surface area contributed by atoms with Crippen molar-refractivity contribution >= 4 is 81.4 Å². The summed E-state index contributed by atoms with van der Waals surface area (Å²) in [4.78, 5) is 50.7. The van der Waals surface area contributed by atoms with Crippen LogP contribution in [0.25, 0.3) is 0 Å². The average molecular weight is 633 g/mol. The summed E-state index contributed by atoms with van der Waals surface area (Å²) in [6.07, 6.45) is 0. The third-order valence-electron chi connectivity index (χ3n) is 6.17. The second kappa shape index (κ2) is 14.9. The molecule has 4 amide bonds. The Morgan fingerprint density at radius 2 is 1.02 bits per heavy atom. The largest absolute Gasteiger partial charge is 0.378 e. The van der Waals surface area contributed by atoms with Crippen molar-refractivity contribution in [3.8, 4) is 0 Å². The Morgan fingerprint density at radius 3 is 1.40 bits per heavy atom. The number of benzene rings is 2. The number of ether oxygens (including phenoxy) is 1. The Morgan fingerprint density at radius 1 is 0.675 bits per heavy atom. The maximum atomic E-state index is 12.0. The highest BCUT2D eigenvalue weighted by atomic mass is 35.5. The highest BCUT2D eigenvalue weighted by molar-refractivity contribution is 6.41. The number of rotatable bonds is 2. The maximum absolute atomic E-state index is 12.0. The van der Waals surface area contributed by atoms with Crippen LogP contribution in [-0.2, 0) is 23.9 Å². The molecule has 0 unspecified atom stereocenters. The zero-order chi connectivity index (χ0) is 29.4. The lowest BCUT2D eigenvalue weighted by molar-refractivity contribution is -0.145. The molecule has 0 bridgehead atoms. The number of anilines is 2. The minimum atomic E-state index is -0.706. The molecule has 10 nitrogen and oxygen atoms in total. The fourth-order valence-electron chi connectivity index (χ4n) is 3.73. The van der Waals surface area contributed by atoms with E-state index >= 15 is 0 Å². The number of nitrogens with one attached hydrogen (secondary N) is 3. The molecule has 2 fully saturated rings. The molecule has 0 radical (unpaired) electrons. The molecule has 2 aliphatic rings. The lowest BCUT2D eigenvalue weighted by Gasteiger charge is -2.26. The van der Waals surface area contributed by atoms with Crippen molar-refractivity contribution in [1.29, 1.82) is 0 Å². The van der Waals surface area contributed by atoms with Gasteiger partial charge in [0.1, 0.15) is 0 Å². The van der Waals surface area contributed by atoms with E-state index in [1.807, 2.05) is 0 Å². The summed E-state index contributed by atoms with van der Waals surface area (Å²) in [6.45, 7) is 7.73. The van der Waals surface area contributed by atoms with Crippen LogP contribution >= 0.6 is 46.4 Å². The Labute approximate surface area is 252 Å². The van der Waals surface area contributed by atoms with Gasteiger partial charge in [0.05, 0.1) is 13.2 Å². The molecule has 0 aromatic heterocycles. The van der Waals surface area contributed by atoms with Crippen LogP contribution < -0.4 is 16.0 Å². The van der Waals surface area contributed by atoms with Gasteiger partial charge in [0.15, 0.2) is 0 Å². The fourth-order valence-corrected chi connectivity index (χ4v) is 4.70. The molecule has 0 atom stereocenters. The van der Waals surface area contributed by atoms with E-state index in [1.54, 1.807) is 38.1 Å². The van der Waals surface area contributed by atoms with Crippen molar-refractivity contribution in [1.82, 2.24) is 15.1 Å². The van der Waals surface area contributed by atoms with E-state index in [2.05, 4.69) is 16.0 Å². The maximum Gasteiger partial charge on any atom is 0.313 e. The molecular formula is C26H29Cl4N5O5. The molecule has 2 saturated heterocycles. The molecule has 40 heavy (non-hydrogen) atoms. The van der Waals surface area contributed by atoms with Crippen LogP contribution in [0.3, 0.4) is 0 Å². The van der Waals surface area contributed by atoms with Crippen molar-refractivity contribution in [2.75, 3.05) is 63.1 Å². The summed E-state index contributed by atoms with van der Waals surface area (Å²) < 4.78 is 5.13. The minimum Gasteiger partial charge on any atom is -0.378 e. The summed E-state index contributed by atoms with van der Waals surface area (Å²) in [7, 11) is 0. The molecule has 2 aromatic carbocycles. The third kappa shape index (κ3) is 8.70. The quantitative estimate of drug-likeness (QED) is 0.434. The monoisotopic (exact) mass is 631 g/mol. The van der Waals surface area contributed by atoms with E-state index in [0.29, 0.717) is 83.9 Å². The lowest BCUT2D eigenvalue weighted by atomic mass is 10.2. The number of nitrogens with zero attached hydrogens (tertiary/aromatic N) is 2. The molecule has 0 aliphatic carbocycles. The zero-order valence-corrected chi connectivity index (χ0v) is 24.9. The van der Waals surface area contributed by atoms with Gasteiger partial charge in [0, 0.05) is 70.7 Å². The van der Waals surface area contributed by atoms with Crippen molar-refractivity contribution < 1.29 is 23.9 Å². The molecule has 216 valence electrons. The first kappa shape index (κ1) is 31.9. The number of carbonyl (C=O) groups excluding carboxylic acids is 4. The number of hydrogen-bond donors (Lipinski definition) is 3. The highest BCUT2D eigenvalue weighted by Gasteiger charge is 2.25. The first-order chi connectivity index (χ1) is 19.0. The van der Waals surface area contributed by atoms with Gasteiger partial charge in [-0.25, -0.2) is 0 Å². The standard InChI is InChI=1S/C13H15Cl2N3O2.C13H14Cl2N2O3/c1-8-10(14)6-9(7-11(8)15)17-12(19)13(20)18-4-2-16-3-5-18;1-8-10(14)6-9(7-11(8)15)16-12(18)13(19)17-2-4-20-5-3-17/h6-7,16H,2-5H2,1H3,(H,17,19);6-7H,2-5H2,1H3,(H,16,18). The average Bonchev–Trinajstić information content (AvgIpc) is 2.95.